The number of thiol groups is 1. The molecule has 17 heavy (non-hydrogen) atoms. The Bertz CT molecular complexity index is 530. The first-order valence-corrected chi connectivity index (χ1v) is 6.01. The lowest BCUT2D eigenvalue weighted by atomic mass is 10.0. The summed E-state index contributed by atoms with van der Waals surface area (Å²) in [6.45, 7) is 0. The van der Waals surface area contributed by atoms with E-state index in [0.717, 1.165) is 10.8 Å². The highest BCUT2D eigenvalue weighted by Crippen LogP contribution is 2.24. The van der Waals surface area contributed by atoms with E-state index in [1.807, 2.05) is 30.3 Å². The Hall–Kier alpha value is -1.23. The third-order valence-corrected chi connectivity index (χ3v) is 3.16. The number of hydrogen-bond donors (Lipinski definition) is 4. The van der Waals surface area contributed by atoms with Gasteiger partial charge in [-0.25, -0.2) is 0 Å². The number of benzene rings is 2. The minimum absolute atomic E-state index is 0.223. The van der Waals surface area contributed by atoms with Crippen molar-refractivity contribution in [3.63, 3.8) is 0 Å². The number of aliphatic hydroxyl groups is 2. The molecule has 0 fully saturated rings. The fourth-order valence-corrected chi connectivity index (χ4v) is 1.99. The van der Waals surface area contributed by atoms with Crippen molar-refractivity contribution in [2.75, 3.05) is 11.5 Å². The first-order chi connectivity index (χ1) is 8.11. The lowest BCUT2D eigenvalue weighted by Gasteiger charge is -2.16. The van der Waals surface area contributed by atoms with Crippen LogP contribution in [-0.2, 0) is 0 Å². The zero-order valence-corrected chi connectivity index (χ0v) is 10.1. The van der Waals surface area contributed by atoms with E-state index in [2.05, 4.69) is 12.6 Å². The Balaban J connectivity index is 2.41. The van der Waals surface area contributed by atoms with Crippen molar-refractivity contribution in [3.05, 3.63) is 42.0 Å². The second kappa shape index (κ2) is 4.96. The van der Waals surface area contributed by atoms with Crippen molar-refractivity contribution in [1.82, 2.24) is 0 Å². The molecule has 0 aliphatic rings. The third-order valence-electron chi connectivity index (χ3n) is 2.78. The van der Waals surface area contributed by atoms with E-state index in [1.54, 1.807) is 6.07 Å². The second-order valence-electron chi connectivity index (χ2n) is 4.06. The van der Waals surface area contributed by atoms with Gasteiger partial charge in [0, 0.05) is 11.4 Å². The summed E-state index contributed by atoms with van der Waals surface area (Å²) < 4.78 is 0. The van der Waals surface area contributed by atoms with Crippen LogP contribution in [0.1, 0.15) is 11.7 Å². The summed E-state index contributed by atoms with van der Waals surface area (Å²) in [6, 6.07) is 11.1. The molecule has 90 valence electrons. The van der Waals surface area contributed by atoms with Gasteiger partial charge in [0.2, 0.25) is 0 Å². The van der Waals surface area contributed by atoms with Crippen LogP contribution in [0.5, 0.6) is 0 Å². The van der Waals surface area contributed by atoms with Gasteiger partial charge in [0.15, 0.2) is 0 Å². The summed E-state index contributed by atoms with van der Waals surface area (Å²) >= 11 is 3.97. The molecule has 0 bridgehead atoms. The van der Waals surface area contributed by atoms with Crippen LogP contribution in [0.15, 0.2) is 36.4 Å². The van der Waals surface area contributed by atoms with E-state index < -0.39 is 12.2 Å². The number of nitrogen functional groups attached to an aromatic ring is 1. The van der Waals surface area contributed by atoms with Crippen LogP contribution in [0, 0.1) is 0 Å². The van der Waals surface area contributed by atoms with Crippen LogP contribution in [0.2, 0.25) is 0 Å². The highest BCUT2D eigenvalue weighted by atomic mass is 32.1. The van der Waals surface area contributed by atoms with Gasteiger partial charge in [0.1, 0.15) is 6.10 Å². The highest BCUT2D eigenvalue weighted by molar-refractivity contribution is 7.80. The molecule has 0 aliphatic heterocycles. The van der Waals surface area contributed by atoms with Gasteiger partial charge in [0.25, 0.3) is 0 Å². The average Bonchev–Trinajstić information content (AvgIpc) is 2.36. The highest BCUT2D eigenvalue weighted by Gasteiger charge is 2.16. The number of fused-ring (bicyclic) bond motifs is 1. The van der Waals surface area contributed by atoms with Crippen LogP contribution in [0.4, 0.5) is 5.69 Å². The zero-order valence-electron chi connectivity index (χ0n) is 9.24. The number of anilines is 1. The quantitative estimate of drug-likeness (QED) is 0.495. The molecule has 2 aromatic carbocycles. The predicted octanol–water partition coefficient (Wildman–Crippen LogP) is 1.75. The third kappa shape index (κ3) is 2.54. The van der Waals surface area contributed by atoms with Gasteiger partial charge in [0.05, 0.1) is 6.10 Å². The normalized spacial score (nSPS) is 14.8. The zero-order chi connectivity index (χ0) is 12.4. The SMILES string of the molecule is Nc1ccc2cc(C(O)C(O)CS)ccc2c1. The van der Waals surface area contributed by atoms with Gasteiger partial charge in [-0.3, -0.25) is 0 Å². The molecule has 2 unspecified atom stereocenters. The van der Waals surface area contributed by atoms with Crippen molar-refractivity contribution < 1.29 is 10.2 Å². The van der Waals surface area contributed by atoms with Gasteiger partial charge in [-0.05, 0) is 34.5 Å². The van der Waals surface area contributed by atoms with Gasteiger partial charge in [-0.15, -0.1) is 0 Å². The van der Waals surface area contributed by atoms with Gasteiger partial charge in [-0.1, -0.05) is 18.2 Å². The first-order valence-electron chi connectivity index (χ1n) is 5.38. The van der Waals surface area contributed by atoms with E-state index in [1.165, 1.54) is 0 Å². The molecule has 4 heteroatoms. The molecule has 2 aromatic rings. The molecule has 0 saturated heterocycles. The summed E-state index contributed by atoms with van der Waals surface area (Å²) in [5.41, 5.74) is 7.09. The van der Waals surface area contributed by atoms with Crippen LogP contribution < -0.4 is 5.73 Å². The van der Waals surface area contributed by atoms with E-state index in [-0.39, 0.29) is 5.75 Å². The minimum atomic E-state index is -0.908. The van der Waals surface area contributed by atoms with E-state index in [9.17, 15) is 10.2 Å². The number of aliphatic hydroxyl groups excluding tert-OH is 2. The summed E-state index contributed by atoms with van der Waals surface area (Å²) in [7, 11) is 0. The van der Waals surface area contributed by atoms with Gasteiger partial charge < -0.3 is 15.9 Å². The fourth-order valence-electron chi connectivity index (χ4n) is 1.79. The van der Waals surface area contributed by atoms with E-state index in [0.29, 0.717) is 11.3 Å². The lowest BCUT2D eigenvalue weighted by molar-refractivity contribution is 0.0338. The Kier molecular flexibility index (Phi) is 3.57. The molecule has 0 heterocycles. The molecular weight excluding hydrogens is 234 g/mol. The maximum Gasteiger partial charge on any atom is 0.106 e. The van der Waals surface area contributed by atoms with Crippen molar-refractivity contribution in [1.29, 1.82) is 0 Å². The second-order valence-corrected chi connectivity index (χ2v) is 4.43. The molecule has 0 radical (unpaired) electrons. The Morgan fingerprint density at radius 1 is 1.06 bits per heavy atom. The number of rotatable bonds is 3. The fraction of sp³-hybridized carbons (Fsp3) is 0.231. The van der Waals surface area contributed by atoms with Gasteiger partial charge >= 0.3 is 0 Å². The van der Waals surface area contributed by atoms with E-state index in [4.69, 9.17) is 5.73 Å². The van der Waals surface area contributed by atoms with Gasteiger partial charge in [-0.2, -0.15) is 12.6 Å². The van der Waals surface area contributed by atoms with E-state index >= 15 is 0 Å². The largest absolute Gasteiger partial charge is 0.399 e. The number of hydrogen-bond acceptors (Lipinski definition) is 4. The molecule has 4 N–H and O–H groups in total. The van der Waals surface area contributed by atoms with Crippen LogP contribution in [-0.4, -0.2) is 22.1 Å². The van der Waals surface area contributed by atoms with Crippen molar-refractivity contribution >= 4 is 29.1 Å². The Labute approximate surface area is 105 Å². The molecule has 0 aromatic heterocycles. The summed E-state index contributed by atoms with van der Waals surface area (Å²) in [4.78, 5) is 0. The molecule has 2 rings (SSSR count). The first kappa shape index (κ1) is 12.2. The molecule has 3 nitrogen and oxygen atoms in total. The van der Waals surface area contributed by atoms with Crippen molar-refractivity contribution in [3.8, 4) is 0 Å². The summed E-state index contributed by atoms with van der Waals surface area (Å²) in [6.07, 6.45) is -1.76. The lowest BCUT2D eigenvalue weighted by Crippen LogP contribution is -2.19. The smallest absolute Gasteiger partial charge is 0.106 e. The predicted molar refractivity (Wildman–Crippen MR) is 73.2 cm³/mol. The molecule has 0 amide bonds. The molecular formula is C13H15NO2S. The Morgan fingerprint density at radius 2 is 1.71 bits per heavy atom. The summed E-state index contributed by atoms with van der Waals surface area (Å²) in [5, 5.41) is 21.4. The maximum atomic E-state index is 9.88. The summed E-state index contributed by atoms with van der Waals surface area (Å²) in [5.74, 6) is 0.223. The standard InChI is InChI=1S/C13H15NO2S/c14-11-4-3-8-5-10(2-1-9(8)6-11)13(16)12(15)7-17/h1-6,12-13,15-17H,7,14H2. The van der Waals surface area contributed by atoms with Crippen LogP contribution in [0.3, 0.4) is 0 Å². The van der Waals surface area contributed by atoms with Crippen LogP contribution >= 0.6 is 12.6 Å². The minimum Gasteiger partial charge on any atom is -0.399 e. The van der Waals surface area contributed by atoms with Crippen molar-refractivity contribution in [2.24, 2.45) is 0 Å². The average molecular weight is 249 g/mol. The van der Waals surface area contributed by atoms with Crippen LogP contribution in [0.25, 0.3) is 10.8 Å². The van der Waals surface area contributed by atoms with Crippen molar-refractivity contribution in [2.45, 2.75) is 12.2 Å². The topological polar surface area (TPSA) is 66.5 Å². The Morgan fingerprint density at radius 3 is 2.41 bits per heavy atom. The molecule has 0 aliphatic carbocycles. The molecule has 0 saturated carbocycles. The molecule has 0 spiro atoms. The number of nitrogens with two attached hydrogens (primary N) is 1. The molecule has 2 atom stereocenters. The maximum absolute atomic E-state index is 9.88. The monoisotopic (exact) mass is 249 g/mol.